The Labute approximate surface area is 234 Å². The first-order valence-electron chi connectivity index (χ1n) is 13.9. The summed E-state index contributed by atoms with van der Waals surface area (Å²) in [5.41, 5.74) is 7.14. The van der Waals surface area contributed by atoms with Crippen molar-refractivity contribution in [2.24, 2.45) is 16.8 Å². The van der Waals surface area contributed by atoms with Gasteiger partial charge in [0, 0.05) is 12.1 Å². The summed E-state index contributed by atoms with van der Waals surface area (Å²) in [6.45, 7) is 6.62. The molecule has 4 aromatic rings. The number of anilines is 1. The topological polar surface area (TPSA) is 59.0 Å². The molecule has 1 aliphatic heterocycles. The number of imide groups is 1. The third kappa shape index (κ3) is 3.24. The zero-order valence-electron chi connectivity index (χ0n) is 22.8. The minimum absolute atomic E-state index is 0.155. The Hall–Kier alpha value is -4.51. The summed E-state index contributed by atoms with van der Waals surface area (Å²) in [7, 11) is 0. The Morgan fingerprint density at radius 3 is 2.12 bits per heavy atom. The van der Waals surface area contributed by atoms with Crippen LogP contribution in [0, 0.1) is 25.7 Å². The summed E-state index contributed by atoms with van der Waals surface area (Å²) < 4.78 is 5.60. The quantitative estimate of drug-likeness (QED) is 0.216. The average Bonchev–Trinajstić information content (AvgIpc) is 3.25. The lowest BCUT2D eigenvalue weighted by atomic mass is 9.47. The van der Waals surface area contributed by atoms with Gasteiger partial charge < -0.3 is 4.74 Å². The van der Waals surface area contributed by atoms with Gasteiger partial charge in [0.2, 0.25) is 11.8 Å². The van der Waals surface area contributed by atoms with Crippen molar-refractivity contribution in [2.45, 2.75) is 32.1 Å². The highest BCUT2D eigenvalue weighted by atomic mass is 16.5. The number of ether oxygens (including phenoxy) is 1. The highest BCUT2D eigenvalue weighted by Gasteiger charge is 2.67. The highest BCUT2D eigenvalue weighted by Crippen LogP contribution is 2.63. The molecule has 2 atom stereocenters. The highest BCUT2D eigenvalue weighted by molar-refractivity contribution is 6.25. The van der Waals surface area contributed by atoms with Crippen LogP contribution in [0.1, 0.15) is 46.2 Å². The van der Waals surface area contributed by atoms with E-state index in [1.807, 2.05) is 61.7 Å². The van der Waals surface area contributed by atoms with E-state index in [2.05, 4.69) is 44.2 Å². The number of aryl methyl sites for hydroxylation is 1. The lowest BCUT2D eigenvalue weighted by molar-refractivity contribution is -0.122. The van der Waals surface area contributed by atoms with Crippen LogP contribution in [0.3, 0.4) is 0 Å². The molecule has 5 heteroatoms. The Kier molecular flexibility index (Phi) is 5.53. The van der Waals surface area contributed by atoms with E-state index in [0.717, 1.165) is 39.1 Å². The largest absolute Gasteiger partial charge is 0.494 e. The first-order chi connectivity index (χ1) is 19.5. The summed E-state index contributed by atoms with van der Waals surface area (Å²) in [6.07, 6.45) is 1.96. The number of carbonyl (C=O) groups is 2. The van der Waals surface area contributed by atoms with Crippen LogP contribution in [-0.2, 0) is 15.0 Å². The predicted octanol–water partition coefficient (Wildman–Crippen LogP) is 6.66. The van der Waals surface area contributed by atoms with Gasteiger partial charge in [-0.2, -0.15) is 0 Å². The van der Waals surface area contributed by atoms with Crippen LogP contribution in [0.5, 0.6) is 5.75 Å². The molecule has 0 N–H and O–H groups in total. The van der Waals surface area contributed by atoms with Crippen molar-refractivity contribution in [3.8, 4) is 5.75 Å². The molecule has 1 heterocycles. The average molecular weight is 527 g/mol. The SMILES string of the molecule is CCOc1ccc(N2C(=O)[C@@H]3C4c5ccccc5C(C=Nc5cccc(C)c5C)(c5ccccc54)[C@H]3C2=O)cc1. The van der Waals surface area contributed by atoms with Crippen LogP contribution in [0.15, 0.2) is 96.0 Å². The summed E-state index contributed by atoms with van der Waals surface area (Å²) in [4.78, 5) is 35.3. The van der Waals surface area contributed by atoms with Gasteiger partial charge in [-0.05, 0) is 84.5 Å². The molecule has 8 rings (SSSR count). The fraction of sp³-hybridized carbons (Fsp3) is 0.229. The molecule has 198 valence electrons. The van der Waals surface area contributed by atoms with Gasteiger partial charge in [0.25, 0.3) is 0 Å². The minimum atomic E-state index is -0.879. The smallest absolute Gasteiger partial charge is 0.239 e. The Morgan fingerprint density at radius 2 is 1.48 bits per heavy atom. The number of nitrogens with zero attached hydrogens (tertiary/aromatic N) is 2. The number of hydrogen-bond acceptors (Lipinski definition) is 4. The number of aliphatic imine (C=N–C) groups is 1. The third-order valence-corrected chi connectivity index (χ3v) is 9.07. The molecule has 2 bridgehead atoms. The van der Waals surface area contributed by atoms with E-state index in [9.17, 15) is 9.59 Å². The van der Waals surface area contributed by atoms with Crippen molar-refractivity contribution >= 4 is 29.4 Å². The summed E-state index contributed by atoms with van der Waals surface area (Å²) >= 11 is 0. The van der Waals surface area contributed by atoms with Crippen LogP contribution >= 0.6 is 0 Å². The number of rotatable bonds is 5. The van der Waals surface area contributed by atoms with Gasteiger partial charge in [-0.3, -0.25) is 14.6 Å². The molecular formula is C35H30N2O3. The first kappa shape index (κ1) is 24.5. The van der Waals surface area contributed by atoms with Crippen LogP contribution in [0.4, 0.5) is 11.4 Å². The van der Waals surface area contributed by atoms with Gasteiger partial charge in [-0.15, -0.1) is 0 Å². The molecular weight excluding hydrogens is 496 g/mol. The first-order valence-corrected chi connectivity index (χ1v) is 13.9. The maximum Gasteiger partial charge on any atom is 0.239 e. The lowest BCUT2D eigenvalue weighted by Crippen LogP contribution is -2.54. The molecule has 40 heavy (non-hydrogen) atoms. The van der Waals surface area contributed by atoms with E-state index < -0.39 is 17.3 Å². The molecule has 0 unspecified atom stereocenters. The second-order valence-corrected chi connectivity index (χ2v) is 10.9. The van der Waals surface area contributed by atoms with Crippen molar-refractivity contribution in [1.82, 2.24) is 0 Å². The van der Waals surface area contributed by atoms with E-state index in [-0.39, 0.29) is 17.7 Å². The van der Waals surface area contributed by atoms with Crippen molar-refractivity contribution in [3.05, 3.63) is 124 Å². The number of benzene rings is 4. The monoisotopic (exact) mass is 526 g/mol. The number of carbonyl (C=O) groups excluding carboxylic acids is 2. The molecule has 0 spiro atoms. The molecule has 1 fully saturated rings. The second kappa shape index (κ2) is 9.02. The zero-order valence-corrected chi connectivity index (χ0v) is 22.8. The van der Waals surface area contributed by atoms with E-state index >= 15 is 0 Å². The Balaban J connectivity index is 1.46. The third-order valence-electron chi connectivity index (χ3n) is 9.07. The van der Waals surface area contributed by atoms with Gasteiger partial charge in [0.15, 0.2) is 0 Å². The number of amides is 2. The lowest BCUT2D eigenvalue weighted by Gasteiger charge is -2.52. The fourth-order valence-electron chi connectivity index (χ4n) is 7.21. The van der Waals surface area contributed by atoms with Crippen LogP contribution in [-0.4, -0.2) is 24.6 Å². The predicted molar refractivity (Wildman–Crippen MR) is 157 cm³/mol. The molecule has 4 aromatic carbocycles. The van der Waals surface area contributed by atoms with Crippen molar-refractivity contribution in [3.63, 3.8) is 0 Å². The molecule has 4 aliphatic rings. The van der Waals surface area contributed by atoms with E-state index in [1.54, 1.807) is 12.1 Å². The molecule has 0 radical (unpaired) electrons. The molecule has 5 nitrogen and oxygen atoms in total. The van der Waals surface area contributed by atoms with Crippen LogP contribution in [0.25, 0.3) is 0 Å². The van der Waals surface area contributed by atoms with Gasteiger partial charge in [0.1, 0.15) is 5.75 Å². The van der Waals surface area contributed by atoms with Crippen molar-refractivity contribution in [1.29, 1.82) is 0 Å². The maximum atomic E-state index is 14.5. The van der Waals surface area contributed by atoms with Gasteiger partial charge in [-0.1, -0.05) is 60.7 Å². The fourth-order valence-corrected chi connectivity index (χ4v) is 7.21. The van der Waals surface area contributed by atoms with Crippen molar-refractivity contribution in [2.75, 3.05) is 11.5 Å². The van der Waals surface area contributed by atoms with Crippen LogP contribution in [0.2, 0.25) is 0 Å². The molecule has 3 aliphatic carbocycles. The minimum Gasteiger partial charge on any atom is -0.494 e. The Morgan fingerprint density at radius 1 is 0.825 bits per heavy atom. The normalized spacial score (nSPS) is 24.3. The standard InChI is InChI=1S/C35H30N2O3/c1-4-40-24-18-16-23(17-19-24)37-33(38)31-30-25-11-5-7-13-27(25)35(32(31)34(37)39,28-14-8-6-12-26(28)30)20-36-29-15-9-10-21(2)22(29)3/h5-20,30-32H,4H2,1-3H3/t30?,31-,32-,35?/m1/s1. The van der Waals surface area contributed by atoms with Gasteiger partial charge in [-0.25, -0.2) is 4.90 Å². The molecule has 2 amide bonds. The molecule has 1 saturated heterocycles. The summed E-state index contributed by atoms with van der Waals surface area (Å²) in [5.74, 6) is -0.945. The Bertz CT molecular complexity index is 1660. The van der Waals surface area contributed by atoms with Gasteiger partial charge >= 0.3 is 0 Å². The van der Waals surface area contributed by atoms with E-state index in [0.29, 0.717) is 18.0 Å². The second-order valence-electron chi connectivity index (χ2n) is 10.9. The maximum absolute atomic E-state index is 14.5. The summed E-state index contributed by atoms with van der Waals surface area (Å²) in [5, 5.41) is 0. The molecule has 0 saturated carbocycles. The van der Waals surface area contributed by atoms with E-state index in [4.69, 9.17) is 9.73 Å². The molecule has 0 aromatic heterocycles. The van der Waals surface area contributed by atoms with E-state index in [1.165, 1.54) is 4.90 Å². The zero-order chi connectivity index (χ0) is 27.6. The van der Waals surface area contributed by atoms with Crippen molar-refractivity contribution < 1.29 is 14.3 Å². The van der Waals surface area contributed by atoms with Gasteiger partial charge in [0.05, 0.1) is 35.2 Å². The summed E-state index contributed by atoms with van der Waals surface area (Å²) in [6, 6.07) is 29.9. The van der Waals surface area contributed by atoms with Crippen LogP contribution < -0.4 is 9.64 Å². The number of hydrogen-bond donors (Lipinski definition) is 0.